The van der Waals surface area contributed by atoms with E-state index in [1.165, 1.54) is 0 Å². The number of hydrogen-bond acceptors (Lipinski definition) is 5. The summed E-state index contributed by atoms with van der Waals surface area (Å²) in [6.45, 7) is 17.0. The zero-order chi connectivity index (χ0) is 22.0. The molecule has 3 N–H and O–H groups in total. The van der Waals surface area contributed by atoms with E-state index < -0.39 is 14.2 Å². The van der Waals surface area contributed by atoms with Gasteiger partial charge in [0.1, 0.15) is 6.61 Å². The third-order valence-corrected chi connectivity index (χ3v) is 10.4. The van der Waals surface area contributed by atoms with E-state index in [-0.39, 0.29) is 35.7 Å². The molecule has 0 radical (unpaired) electrons. The van der Waals surface area contributed by atoms with E-state index in [0.717, 1.165) is 5.69 Å². The van der Waals surface area contributed by atoms with Gasteiger partial charge in [-0.3, -0.25) is 4.79 Å². The van der Waals surface area contributed by atoms with Crippen molar-refractivity contribution in [1.82, 2.24) is 14.9 Å². The van der Waals surface area contributed by atoms with Crippen LogP contribution in [0.4, 0.5) is 4.79 Å². The Labute approximate surface area is 174 Å². The second kappa shape index (κ2) is 8.70. The lowest BCUT2D eigenvalue weighted by Gasteiger charge is -2.38. The molecule has 1 fully saturated rings. The van der Waals surface area contributed by atoms with Crippen LogP contribution in [0.1, 0.15) is 49.2 Å². The van der Waals surface area contributed by atoms with Crippen molar-refractivity contribution in [2.24, 2.45) is 5.73 Å². The standard InChI is InChI=1S/C20H34N4O4Si/c1-8-9-27-19(26)24-12-15(28-29(6,7)20(3,4)5)10-14(24)11-16-13(2)22-18(23-16)17(21)25/h8,14-15H,1,9-12H2,2-7H3,(H2,21,25)(H,22,23)/t14-,15+/m0/s1. The SMILES string of the molecule is C=CCOC(=O)N1C[C@H](O[Si](C)(C)C(C)(C)C)C[C@H]1Cc1[nH]c(C(N)=O)nc1C. The van der Waals surface area contributed by atoms with Crippen LogP contribution >= 0.6 is 0 Å². The number of hydrogen-bond donors (Lipinski definition) is 2. The summed E-state index contributed by atoms with van der Waals surface area (Å²) in [5.74, 6) is -0.475. The number of aromatic nitrogens is 2. The van der Waals surface area contributed by atoms with Crippen LogP contribution < -0.4 is 5.73 Å². The molecule has 1 aliphatic rings. The zero-order valence-corrected chi connectivity index (χ0v) is 19.4. The molecule has 0 bridgehead atoms. The van der Waals surface area contributed by atoms with Crippen molar-refractivity contribution in [2.75, 3.05) is 13.2 Å². The number of nitrogens with one attached hydrogen (secondary N) is 1. The number of carbonyl (C=O) groups is 2. The molecule has 0 saturated carbocycles. The summed E-state index contributed by atoms with van der Waals surface area (Å²) < 4.78 is 11.8. The lowest BCUT2D eigenvalue weighted by molar-refractivity contribution is 0.0988. The first-order valence-electron chi connectivity index (χ1n) is 9.93. The number of nitrogens with zero attached hydrogens (tertiary/aromatic N) is 2. The molecular formula is C20H34N4O4Si. The molecule has 2 rings (SSSR count). The van der Waals surface area contributed by atoms with Crippen molar-refractivity contribution >= 4 is 20.3 Å². The minimum Gasteiger partial charge on any atom is -0.445 e. The van der Waals surface area contributed by atoms with Gasteiger partial charge in [0.05, 0.1) is 11.8 Å². The number of carbonyl (C=O) groups excluding carboxylic acids is 2. The highest BCUT2D eigenvalue weighted by molar-refractivity contribution is 6.74. The zero-order valence-electron chi connectivity index (χ0n) is 18.4. The lowest BCUT2D eigenvalue weighted by Crippen LogP contribution is -2.44. The molecule has 2 atom stereocenters. The molecule has 1 saturated heterocycles. The number of aryl methyl sites for hydroxylation is 1. The molecule has 8 nitrogen and oxygen atoms in total. The fraction of sp³-hybridized carbons (Fsp3) is 0.650. The second-order valence-corrected chi connectivity index (χ2v) is 13.9. The fourth-order valence-corrected chi connectivity index (χ4v) is 4.59. The van der Waals surface area contributed by atoms with Gasteiger partial charge in [-0.1, -0.05) is 33.4 Å². The molecule has 2 amide bonds. The Hall–Kier alpha value is -2.13. The quantitative estimate of drug-likeness (QED) is 0.518. The number of nitrogens with two attached hydrogens (primary N) is 1. The van der Waals surface area contributed by atoms with Crippen LogP contribution in [0.15, 0.2) is 12.7 Å². The number of H-pyrrole nitrogens is 1. The number of imidazole rings is 1. The molecule has 1 aliphatic heterocycles. The minimum absolute atomic E-state index is 0.0592. The number of likely N-dealkylation sites (tertiary alicyclic amines) is 1. The van der Waals surface area contributed by atoms with E-state index in [2.05, 4.69) is 50.4 Å². The monoisotopic (exact) mass is 422 g/mol. The van der Waals surface area contributed by atoms with Crippen molar-refractivity contribution < 1.29 is 18.8 Å². The van der Waals surface area contributed by atoms with E-state index in [1.54, 1.807) is 11.0 Å². The van der Waals surface area contributed by atoms with E-state index in [1.807, 2.05) is 6.92 Å². The lowest BCUT2D eigenvalue weighted by atomic mass is 10.1. The first-order valence-corrected chi connectivity index (χ1v) is 12.8. The Morgan fingerprint density at radius 1 is 1.41 bits per heavy atom. The number of rotatable bonds is 7. The Morgan fingerprint density at radius 2 is 2.07 bits per heavy atom. The third-order valence-electron chi connectivity index (χ3n) is 5.86. The van der Waals surface area contributed by atoms with Crippen LogP contribution in [-0.4, -0.2) is 60.5 Å². The van der Waals surface area contributed by atoms with Crippen molar-refractivity contribution in [3.05, 3.63) is 29.9 Å². The number of primary amides is 1. The highest BCUT2D eigenvalue weighted by Crippen LogP contribution is 2.39. The van der Waals surface area contributed by atoms with Gasteiger partial charge in [-0.05, 0) is 31.5 Å². The van der Waals surface area contributed by atoms with Crippen LogP contribution in [0.25, 0.3) is 0 Å². The molecule has 9 heteroatoms. The van der Waals surface area contributed by atoms with Gasteiger partial charge in [-0.2, -0.15) is 0 Å². The van der Waals surface area contributed by atoms with Crippen LogP contribution in [0.2, 0.25) is 18.1 Å². The smallest absolute Gasteiger partial charge is 0.410 e. The van der Waals surface area contributed by atoms with Gasteiger partial charge in [0.2, 0.25) is 0 Å². The van der Waals surface area contributed by atoms with E-state index in [4.69, 9.17) is 14.9 Å². The van der Waals surface area contributed by atoms with Crippen molar-refractivity contribution in [1.29, 1.82) is 0 Å². The normalized spacial score (nSPS) is 20.0. The van der Waals surface area contributed by atoms with Gasteiger partial charge in [0.15, 0.2) is 14.1 Å². The predicted molar refractivity (Wildman–Crippen MR) is 114 cm³/mol. The van der Waals surface area contributed by atoms with E-state index >= 15 is 0 Å². The highest BCUT2D eigenvalue weighted by Gasteiger charge is 2.44. The molecule has 0 unspecified atom stereocenters. The van der Waals surface area contributed by atoms with E-state index in [9.17, 15) is 9.59 Å². The van der Waals surface area contributed by atoms with Crippen molar-refractivity contribution in [3.63, 3.8) is 0 Å². The molecule has 162 valence electrons. The summed E-state index contributed by atoms with van der Waals surface area (Å²) in [6, 6.07) is -0.123. The average molecular weight is 423 g/mol. The second-order valence-electron chi connectivity index (χ2n) is 9.13. The van der Waals surface area contributed by atoms with E-state index in [0.29, 0.717) is 25.1 Å². The van der Waals surface area contributed by atoms with Gasteiger partial charge in [0, 0.05) is 24.7 Å². The summed E-state index contributed by atoms with van der Waals surface area (Å²) in [5, 5.41) is 0.0790. The first-order chi connectivity index (χ1) is 13.4. The maximum atomic E-state index is 12.6. The van der Waals surface area contributed by atoms with Crippen LogP contribution in [0.3, 0.4) is 0 Å². The minimum atomic E-state index is -1.98. The Morgan fingerprint density at radius 3 is 2.59 bits per heavy atom. The summed E-state index contributed by atoms with van der Waals surface area (Å²) in [7, 11) is -1.98. The predicted octanol–water partition coefficient (Wildman–Crippen LogP) is 3.15. The molecule has 29 heavy (non-hydrogen) atoms. The Kier molecular flexibility index (Phi) is 6.95. The van der Waals surface area contributed by atoms with Gasteiger partial charge >= 0.3 is 6.09 Å². The van der Waals surface area contributed by atoms with Gasteiger partial charge in [-0.25, -0.2) is 9.78 Å². The van der Waals surface area contributed by atoms with Gasteiger partial charge < -0.3 is 24.8 Å². The third kappa shape index (κ3) is 5.48. The summed E-state index contributed by atoms with van der Waals surface area (Å²) in [5.41, 5.74) is 6.82. The van der Waals surface area contributed by atoms with Gasteiger partial charge in [-0.15, -0.1) is 0 Å². The Balaban J connectivity index is 2.21. The summed E-state index contributed by atoms with van der Waals surface area (Å²) in [6.07, 6.45) is 2.32. The van der Waals surface area contributed by atoms with Crippen LogP contribution in [0, 0.1) is 6.92 Å². The maximum Gasteiger partial charge on any atom is 0.410 e. The highest BCUT2D eigenvalue weighted by atomic mass is 28.4. The molecule has 0 spiro atoms. The first kappa shape index (κ1) is 23.1. The van der Waals surface area contributed by atoms with Crippen molar-refractivity contribution in [3.8, 4) is 0 Å². The molecule has 0 aromatic carbocycles. The van der Waals surface area contributed by atoms with Crippen LogP contribution in [0.5, 0.6) is 0 Å². The summed E-state index contributed by atoms with van der Waals surface area (Å²) in [4.78, 5) is 32.9. The Bertz CT molecular complexity index is 769. The number of ether oxygens (including phenoxy) is 1. The van der Waals surface area contributed by atoms with Crippen LogP contribution in [-0.2, 0) is 15.6 Å². The molecule has 0 aliphatic carbocycles. The van der Waals surface area contributed by atoms with Gasteiger partial charge in [0.25, 0.3) is 5.91 Å². The topological polar surface area (TPSA) is 111 Å². The molecule has 2 heterocycles. The number of aromatic amines is 1. The average Bonchev–Trinajstić information content (AvgIpc) is 3.15. The molecule has 1 aromatic rings. The molecular weight excluding hydrogens is 388 g/mol. The number of amides is 2. The summed E-state index contributed by atoms with van der Waals surface area (Å²) >= 11 is 0. The maximum absolute atomic E-state index is 12.6. The molecule has 1 aromatic heterocycles. The van der Waals surface area contributed by atoms with Crippen molar-refractivity contribution in [2.45, 2.75) is 70.8 Å². The largest absolute Gasteiger partial charge is 0.445 e. The fourth-order valence-electron chi connectivity index (χ4n) is 3.23.